The number of nitrogens with zero attached hydrogens (tertiary/aromatic N) is 3. The fourth-order valence-corrected chi connectivity index (χ4v) is 4.83. The number of carbonyl (C=O) groups is 1. The molecule has 4 rings (SSSR count). The van der Waals surface area contributed by atoms with Gasteiger partial charge in [-0.15, -0.1) is 0 Å². The molecule has 1 aliphatic carbocycles. The molecule has 27 heavy (non-hydrogen) atoms. The summed E-state index contributed by atoms with van der Waals surface area (Å²) in [6.45, 7) is 7.04. The average Bonchev–Trinajstić information content (AvgIpc) is 2.75. The van der Waals surface area contributed by atoms with E-state index in [9.17, 15) is 4.79 Å². The molecule has 1 atom stereocenters. The molecule has 2 heterocycles. The second-order valence-electron chi connectivity index (χ2n) is 8.37. The second kappa shape index (κ2) is 8.92. The predicted octanol–water partition coefficient (Wildman–Crippen LogP) is 3.40. The van der Waals surface area contributed by atoms with Gasteiger partial charge >= 0.3 is 0 Å². The van der Waals surface area contributed by atoms with Crippen molar-refractivity contribution in [3.05, 3.63) is 42.5 Å². The minimum atomic E-state index is 0.246. The van der Waals surface area contributed by atoms with E-state index >= 15 is 0 Å². The number of piperidine rings is 1. The first-order valence-electron chi connectivity index (χ1n) is 10.8. The van der Waals surface area contributed by atoms with E-state index in [0.717, 1.165) is 58.0 Å². The van der Waals surface area contributed by atoms with Crippen LogP contribution in [0.4, 0.5) is 5.69 Å². The molecule has 4 nitrogen and oxygen atoms in total. The third kappa shape index (κ3) is 4.73. The quantitative estimate of drug-likeness (QED) is 0.763. The summed E-state index contributed by atoms with van der Waals surface area (Å²) in [6, 6.07) is 10.6. The Morgan fingerprint density at radius 1 is 0.889 bits per heavy atom. The molecular weight excluding hydrogens is 334 g/mol. The van der Waals surface area contributed by atoms with E-state index in [-0.39, 0.29) is 5.92 Å². The lowest BCUT2D eigenvalue weighted by Gasteiger charge is -2.40. The fourth-order valence-electron chi connectivity index (χ4n) is 4.83. The van der Waals surface area contributed by atoms with Crippen LogP contribution in [0, 0.1) is 11.8 Å². The van der Waals surface area contributed by atoms with Crippen LogP contribution in [-0.2, 0) is 4.79 Å². The molecule has 1 aromatic carbocycles. The van der Waals surface area contributed by atoms with Gasteiger partial charge in [0.15, 0.2) is 0 Å². The van der Waals surface area contributed by atoms with Crippen LogP contribution in [0.15, 0.2) is 42.5 Å². The highest BCUT2D eigenvalue weighted by molar-refractivity contribution is 5.79. The van der Waals surface area contributed by atoms with Gasteiger partial charge in [-0.2, -0.15) is 0 Å². The van der Waals surface area contributed by atoms with Gasteiger partial charge in [-0.3, -0.25) is 4.79 Å². The van der Waals surface area contributed by atoms with E-state index in [1.165, 1.54) is 31.5 Å². The molecule has 2 fully saturated rings. The van der Waals surface area contributed by atoms with E-state index < -0.39 is 0 Å². The largest absolute Gasteiger partial charge is 0.368 e. The zero-order chi connectivity index (χ0) is 18.5. The van der Waals surface area contributed by atoms with Crippen LogP contribution in [0.25, 0.3) is 0 Å². The van der Waals surface area contributed by atoms with Crippen molar-refractivity contribution in [3.63, 3.8) is 0 Å². The van der Waals surface area contributed by atoms with Crippen LogP contribution in [0.1, 0.15) is 32.1 Å². The summed E-state index contributed by atoms with van der Waals surface area (Å²) in [5.74, 6) is 1.48. The Labute approximate surface area is 163 Å². The number of carbonyl (C=O) groups excluding carboxylic acids is 1. The molecule has 0 radical (unpaired) electrons. The number of hydrogen-bond acceptors (Lipinski definition) is 3. The number of likely N-dealkylation sites (tertiary alicyclic amines) is 1. The monoisotopic (exact) mass is 367 g/mol. The van der Waals surface area contributed by atoms with Crippen molar-refractivity contribution < 1.29 is 4.79 Å². The summed E-state index contributed by atoms with van der Waals surface area (Å²) >= 11 is 0. The number of anilines is 1. The van der Waals surface area contributed by atoms with Crippen LogP contribution in [0.2, 0.25) is 0 Å². The smallest absolute Gasteiger partial charge is 0.225 e. The lowest BCUT2D eigenvalue weighted by molar-refractivity contribution is -0.137. The second-order valence-corrected chi connectivity index (χ2v) is 8.37. The highest BCUT2D eigenvalue weighted by Gasteiger charge is 2.31. The zero-order valence-corrected chi connectivity index (χ0v) is 16.4. The van der Waals surface area contributed by atoms with Crippen molar-refractivity contribution in [2.24, 2.45) is 11.8 Å². The van der Waals surface area contributed by atoms with E-state index in [4.69, 9.17) is 0 Å². The van der Waals surface area contributed by atoms with Gasteiger partial charge < -0.3 is 14.7 Å². The Balaban J connectivity index is 1.21. The predicted molar refractivity (Wildman–Crippen MR) is 111 cm³/mol. The summed E-state index contributed by atoms with van der Waals surface area (Å²) in [6.07, 6.45) is 10.6. The third-order valence-corrected chi connectivity index (χ3v) is 6.54. The maximum Gasteiger partial charge on any atom is 0.225 e. The molecule has 0 aromatic heterocycles. The number of piperazine rings is 1. The van der Waals surface area contributed by atoms with Crippen molar-refractivity contribution in [2.45, 2.75) is 32.1 Å². The molecule has 0 saturated carbocycles. The molecule has 0 bridgehead atoms. The molecule has 146 valence electrons. The van der Waals surface area contributed by atoms with Gasteiger partial charge in [0.05, 0.1) is 0 Å². The number of allylic oxidation sites excluding steroid dienone is 2. The lowest BCUT2D eigenvalue weighted by atomic mass is 9.91. The summed E-state index contributed by atoms with van der Waals surface area (Å²) in [7, 11) is 0. The van der Waals surface area contributed by atoms with E-state index in [2.05, 4.69) is 57.2 Å². The lowest BCUT2D eigenvalue weighted by Crippen LogP contribution is -2.51. The Hall–Kier alpha value is -1.81. The van der Waals surface area contributed by atoms with Crippen molar-refractivity contribution in [2.75, 3.05) is 50.7 Å². The molecular formula is C23H33N3O. The summed E-state index contributed by atoms with van der Waals surface area (Å²) in [4.78, 5) is 20.1. The highest BCUT2D eigenvalue weighted by atomic mass is 16.2. The normalized spacial score (nSPS) is 25.0. The molecule has 2 saturated heterocycles. The molecule has 0 N–H and O–H groups in total. The van der Waals surface area contributed by atoms with Gasteiger partial charge in [-0.05, 0) is 63.2 Å². The summed E-state index contributed by atoms with van der Waals surface area (Å²) < 4.78 is 0. The Morgan fingerprint density at radius 2 is 1.63 bits per heavy atom. The first kappa shape index (κ1) is 18.5. The number of para-hydroxylation sites is 1. The van der Waals surface area contributed by atoms with Crippen LogP contribution in [-0.4, -0.2) is 61.5 Å². The Bertz CT molecular complexity index is 628. The minimum Gasteiger partial charge on any atom is -0.368 e. The van der Waals surface area contributed by atoms with Crippen molar-refractivity contribution in [3.8, 4) is 0 Å². The molecule has 1 aromatic rings. The number of benzene rings is 1. The van der Waals surface area contributed by atoms with Gasteiger partial charge in [0.25, 0.3) is 0 Å². The molecule has 1 amide bonds. The Kier molecular flexibility index (Phi) is 6.13. The average molecular weight is 368 g/mol. The molecule has 0 unspecified atom stereocenters. The maximum absolute atomic E-state index is 13.0. The fraction of sp³-hybridized carbons (Fsp3) is 0.609. The number of hydrogen-bond donors (Lipinski definition) is 0. The first-order chi connectivity index (χ1) is 13.3. The van der Waals surface area contributed by atoms with Gasteiger partial charge in [0.1, 0.15) is 0 Å². The van der Waals surface area contributed by atoms with Gasteiger partial charge in [0, 0.05) is 44.3 Å². The molecule has 3 aliphatic rings. The summed E-state index contributed by atoms with van der Waals surface area (Å²) in [5.41, 5.74) is 1.27. The van der Waals surface area contributed by atoms with Gasteiger partial charge in [0.2, 0.25) is 5.91 Å². The van der Waals surface area contributed by atoms with Crippen molar-refractivity contribution in [1.82, 2.24) is 9.80 Å². The van der Waals surface area contributed by atoms with E-state index in [0.29, 0.717) is 5.91 Å². The van der Waals surface area contributed by atoms with Crippen LogP contribution < -0.4 is 4.90 Å². The van der Waals surface area contributed by atoms with E-state index in [1.54, 1.807) is 0 Å². The zero-order valence-electron chi connectivity index (χ0n) is 16.4. The van der Waals surface area contributed by atoms with Gasteiger partial charge in [-0.1, -0.05) is 30.4 Å². The Morgan fingerprint density at radius 3 is 2.30 bits per heavy atom. The van der Waals surface area contributed by atoms with Crippen LogP contribution >= 0.6 is 0 Å². The van der Waals surface area contributed by atoms with Crippen molar-refractivity contribution >= 4 is 11.6 Å². The minimum absolute atomic E-state index is 0.246. The standard InChI is InChI=1S/C23H33N3O/c27-23(26-17-15-25(16-18-26)22-9-5-2-6-10-22)21-11-13-24(14-12-21)19-20-7-3-1-4-8-20/h1-3,5-6,9-10,20-21H,4,7-8,11-19H2/t20-/m0/s1. The number of amides is 1. The molecule has 4 heteroatoms. The summed E-state index contributed by atoms with van der Waals surface area (Å²) in [5, 5.41) is 0. The van der Waals surface area contributed by atoms with E-state index in [1.807, 2.05) is 0 Å². The highest BCUT2D eigenvalue weighted by Crippen LogP contribution is 2.25. The SMILES string of the molecule is O=C(C1CCN(C[C@H]2CC=CCC2)CC1)N1CCN(c2ccccc2)CC1. The topological polar surface area (TPSA) is 26.8 Å². The number of rotatable bonds is 4. The van der Waals surface area contributed by atoms with Crippen LogP contribution in [0.3, 0.4) is 0 Å². The van der Waals surface area contributed by atoms with Crippen molar-refractivity contribution in [1.29, 1.82) is 0 Å². The third-order valence-electron chi connectivity index (χ3n) is 6.54. The van der Waals surface area contributed by atoms with Gasteiger partial charge in [-0.25, -0.2) is 0 Å². The molecule has 0 spiro atoms. The first-order valence-corrected chi connectivity index (χ1v) is 10.8. The van der Waals surface area contributed by atoms with Crippen LogP contribution in [0.5, 0.6) is 0 Å². The maximum atomic E-state index is 13.0. The molecule has 2 aliphatic heterocycles.